The summed E-state index contributed by atoms with van der Waals surface area (Å²) >= 11 is 12.0. The molecule has 3 aromatic rings. The highest BCUT2D eigenvalue weighted by molar-refractivity contribution is 6.33. The fourth-order valence-corrected chi connectivity index (χ4v) is 2.78. The van der Waals surface area contributed by atoms with Gasteiger partial charge in [0.2, 0.25) is 0 Å². The predicted molar refractivity (Wildman–Crippen MR) is 100 cm³/mol. The van der Waals surface area contributed by atoms with Crippen LogP contribution in [-0.2, 0) is 6.18 Å². The van der Waals surface area contributed by atoms with Crippen molar-refractivity contribution in [3.05, 3.63) is 64.2 Å². The third kappa shape index (κ3) is 4.54. The van der Waals surface area contributed by atoms with Gasteiger partial charge >= 0.3 is 6.18 Å². The van der Waals surface area contributed by atoms with Crippen molar-refractivity contribution >= 4 is 34.9 Å². The fraction of sp³-hybridized carbons (Fsp3) is 0.118. The molecule has 0 spiro atoms. The average molecular weight is 446 g/mol. The third-order valence-electron chi connectivity index (χ3n) is 3.70. The molecule has 3 heterocycles. The largest absolute Gasteiger partial charge is 0.495 e. The number of methoxy groups -OCH3 is 1. The van der Waals surface area contributed by atoms with Crippen molar-refractivity contribution in [2.45, 2.75) is 6.18 Å². The second kappa shape index (κ2) is 8.18. The number of halogens is 5. The van der Waals surface area contributed by atoms with Crippen LogP contribution < -0.4 is 15.6 Å². The number of aromatic nitrogens is 3. The molecule has 12 heteroatoms. The zero-order chi connectivity index (χ0) is 21.2. The summed E-state index contributed by atoms with van der Waals surface area (Å²) in [5.41, 5.74) is 3.86. The Morgan fingerprint density at radius 3 is 2.55 bits per heavy atom. The Morgan fingerprint density at radius 1 is 1.17 bits per heavy atom. The zero-order valence-electron chi connectivity index (χ0n) is 14.6. The Bertz CT molecular complexity index is 1060. The number of rotatable bonds is 5. The first kappa shape index (κ1) is 20.7. The monoisotopic (exact) mass is 445 g/mol. The van der Waals surface area contributed by atoms with Crippen LogP contribution in [0.25, 0.3) is 5.82 Å². The van der Waals surface area contributed by atoms with Gasteiger partial charge in [0.1, 0.15) is 11.4 Å². The summed E-state index contributed by atoms with van der Waals surface area (Å²) in [7, 11) is 1.47. The minimum atomic E-state index is -4.58. The van der Waals surface area contributed by atoms with Crippen LogP contribution in [0.2, 0.25) is 10.0 Å². The molecule has 0 radical (unpaired) electrons. The number of amides is 1. The Labute approximate surface area is 172 Å². The minimum absolute atomic E-state index is 0.147. The second-order valence-electron chi connectivity index (χ2n) is 5.58. The van der Waals surface area contributed by atoms with Gasteiger partial charge in [-0.1, -0.05) is 23.2 Å². The van der Waals surface area contributed by atoms with Crippen molar-refractivity contribution in [2.24, 2.45) is 0 Å². The molecule has 152 valence electrons. The first-order chi connectivity index (χ1) is 13.7. The third-order valence-corrected chi connectivity index (χ3v) is 4.27. The van der Waals surface area contributed by atoms with Crippen molar-refractivity contribution in [1.82, 2.24) is 20.0 Å². The molecule has 29 heavy (non-hydrogen) atoms. The quantitative estimate of drug-likeness (QED) is 0.570. The number of pyridine rings is 2. The number of alkyl halides is 3. The number of carbonyl (C=O) groups is 1. The summed E-state index contributed by atoms with van der Waals surface area (Å²) in [5, 5.41) is -0.0645. The maximum absolute atomic E-state index is 12.7. The fourth-order valence-electron chi connectivity index (χ4n) is 2.32. The van der Waals surface area contributed by atoms with E-state index in [0.717, 1.165) is 0 Å². The molecule has 0 aromatic carbocycles. The SMILES string of the molecule is COc1cnc(-n2cccc2C(=O)NNc2ncc(C(F)(F)F)cc2Cl)c(Cl)c1. The number of nitrogens with one attached hydrogen (secondary N) is 2. The Morgan fingerprint density at radius 2 is 1.93 bits per heavy atom. The molecule has 0 unspecified atom stereocenters. The number of hydrazine groups is 1. The number of hydrogen-bond acceptors (Lipinski definition) is 5. The van der Waals surface area contributed by atoms with E-state index in [2.05, 4.69) is 20.8 Å². The van der Waals surface area contributed by atoms with Crippen LogP contribution in [0.1, 0.15) is 16.1 Å². The van der Waals surface area contributed by atoms with Crippen molar-refractivity contribution < 1.29 is 22.7 Å². The maximum Gasteiger partial charge on any atom is 0.417 e. The van der Waals surface area contributed by atoms with E-state index in [1.807, 2.05) is 0 Å². The van der Waals surface area contributed by atoms with E-state index in [0.29, 0.717) is 18.0 Å². The lowest BCUT2D eigenvalue weighted by Gasteiger charge is -2.13. The number of nitrogens with zero attached hydrogens (tertiary/aromatic N) is 3. The Hall–Kier alpha value is -2.98. The van der Waals surface area contributed by atoms with Gasteiger partial charge in [-0.05, 0) is 18.2 Å². The normalized spacial score (nSPS) is 11.2. The molecule has 0 aliphatic heterocycles. The van der Waals surface area contributed by atoms with Gasteiger partial charge in [0.15, 0.2) is 11.6 Å². The van der Waals surface area contributed by atoms with Crippen LogP contribution in [0, 0.1) is 0 Å². The van der Waals surface area contributed by atoms with Crippen LogP contribution >= 0.6 is 23.2 Å². The molecular formula is C17H12Cl2F3N5O2. The molecule has 0 aliphatic rings. The number of hydrogen-bond donors (Lipinski definition) is 2. The van der Waals surface area contributed by atoms with E-state index in [4.69, 9.17) is 27.9 Å². The van der Waals surface area contributed by atoms with Crippen molar-refractivity contribution in [3.63, 3.8) is 0 Å². The summed E-state index contributed by atoms with van der Waals surface area (Å²) in [5.74, 6) is -0.0388. The van der Waals surface area contributed by atoms with Gasteiger partial charge in [-0.15, -0.1) is 0 Å². The lowest BCUT2D eigenvalue weighted by atomic mass is 10.3. The molecule has 1 amide bonds. The van der Waals surface area contributed by atoms with Crippen molar-refractivity contribution in [1.29, 1.82) is 0 Å². The standard InChI is InChI=1S/C17H12Cl2F3N5O2/c1-29-10-6-12(19)15(24-8-10)27-4-2-3-13(27)16(28)26-25-14-11(18)5-9(7-23-14)17(20,21)22/h2-8H,1H3,(H,23,25)(H,26,28). The van der Waals surface area contributed by atoms with E-state index in [9.17, 15) is 18.0 Å². The lowest BCUT2D eigenvalue weighted by Crippen LogP contribution is -2.31. The number of ether oxygens (including phenoxy) is 1. The van der Waals surface area contributed by atoms with Gasteiger partial charge in [0.25, 0.3) is 5.91 Å². The molecule has 7 nitrogen and oxygen atoms in total. The highest BCUT2D eigenvalue weighted by Crippen LogP contribution is 2.32. The van der Waals surface area contributed by atoms with Crippen LogP contribution in [0.4, 0.5) is 19.0 Å². The minimum Gasteiger partial charge on any atom is -0.495 e. The van der Waals surface area contributed by atoms with Gasteiger partial charge in [-0.25, -0.2) is 9.97 Å². The van der Waals surface area contributed by atoms with Gasteiger partial charge in [0, 0.05) is 18.5 Å². The Balaban J connectivity index is 1.77. The van der Waals surface area contributed by atoms with Crippen molar-refractivity contribution in [2.75, 3.05) is 12.5 Å². The predicted octanol–water partition coefficient (Wildman–Crippen LogP) is 4.36. The molecule has 0 aliphatic carbocycles. The lowest BCUT2D eigenvalue weighted by molar-refractivity contribution is -0.137. The average Bonchev–Trinajstić information content (AvgIpc) is 3.15. The second-order valence-corrected chi connectivity index (χ2v) is 6.39. The van der Waals surface area contributed by atoms with Crippen LogP contribution in [0.3, 0.4) is 0 Å². The summed E-state index contributed by atoms with van der Waals surface area (Å²) < 4.78 is 44.5. The van der Waals surface area contributed by atoms with Crippen molar-refractivity contribution in [3.8, 4) is 11.6 Å². The highest BCUT2D eigenvalue weighted by Gasteiger charge is 2.31. The number of anilines is 1. The van der Waals surface area contributed by atoms with Crippen LogP contribution in [-0.4, -0.2) is 27.6 Å². The topological polar surface area (TPSA) is 81.1 Å². The zero-order valence-corrected chi connectivity index (χ0v) is 16.1. The molecule has 0 saturated heterocycles. The summed E-state index contributed by atoms with van der Waals surface area (Å²) in [6.07, 6.45) is -0.972. The van der Waals surface area contributed by atoms with Gasteiger partial charge < -0.3 is 4.74 Å². The summed E-state index contributed by atoms with van der Waals surface area (Å²) in [6.45, 7) is 0. The van der Waals surface area contributed by atoms with Gasteiger partial charge in [-0.2, -0.15) is 13.2 Å². The molecule has 0 saturated carbocycles. The highest BCUT2D eigenvalue weighted by atomic mass is 35.5. The molecule has 0 fully saturated rings. The van der Waals surface area contributed by atoms with E-state index >= 15 is 0 Å². The molecule has 0 bridgehead atoms. The van der Waals surface area contributed by atoms with Crippen LogP contribution in [0.5, 0.6) is 5.75 Å². The Kier molecular flexibility index (Phi) is 5.85. The first-order valence-electron chi connectivity index (χ1n) is 7.87. The van der Waals surface area contributed by atoms with Gasteiger partial charge in [-0.3, -0.25) is 20.2 Å². The van der Waals surface area contributed by atoms with E-state index in [1.54, 1.807) is 12.3 Å². The molecule has 3 aromatic heterocycles. The summed E-state index contributed by atoms with van der Waals surface area (Å²) in [4.78, 5) is 20.2. The van der Waals surface area contributed by atoms with E-state index < -0.39 is 17.6 Å². The van der Waals surface area contributed by atoms with E-state index in [1.165, 1.54) is 30.0 Å². The number of carbonyl (C=O) groups excluding carboxylic acids is 1. The smallest absolute Gasteiger partial charge is 0.417 e. The first-order valence-corrected chi connectivity index (χ1v) is 8.62. The molecule has 3 rings (SSSR count). The molecule has 2 N–H and O–H groups in total. The van der Waals surface area contributed by atoms with Gasteiger partial charge in [0.05, 0.1) is 28.9 Å². The summed E-state index contributed by atoms with van der Waals surface area (Å²) in [6, 6.07) is 5.34. The van der Waals surface area contributed by atoms with E-state index in [-0.39, 0.29) is 27.4 Å². The molecular weight excluding hydrogens is 434 g/mol. The molecule has 0 atom stereocenters. The van der Waals surface area contributed by atoms with Crippen LogP contribution in [0.15, 0.2) is 42.9 Å². The maximum atomic E-state index is 12.7.